The van der Waals surface area contributed by atoms with Crippen LogP contribution in [-0.2, 0) is 11.3 Å². The quantitative estimate of drug-likeness (QED) is 0.813. The van der Waals surface area contributed by atoms with Gasteiger partial charge in [0.2, 0.25) is 5.91 Å². The summed E-state index contributed by atoms with van der Waals surface area (Å²) in [5.74, 6) is -0.892. The number of carbonyl (C=O) groups is 2. The number of benzene rings is 1. The van der Waals surface area contributed by atoms with E-state index >= 15 is 0 Å². The Hall–Kier alpha value is -1.84. The minimum Gasteiger partial charge on any atom is -0.478 e. The Balaban J connectivity index is 2.61. The first-order valence-electron chi connectivity index (χ1n) is 6.18. The predicted octanol–water partition coefficient (Wildman–Crippen LogP) is 2.44. The lowest BCUT2D eigenvalue weighted by Gasteiger charge is -2.12. The van der Waals surface area contributed by atoms with Gasteiger partial charge < -0.3 is 10.4 Å². The van der Waals surface area contributed by atoms with Gasteiger partial charge in [-0.15, -0.1) is 0 Å². The second kappa shape index (κ2) is 6.79. The highest BCUT2D eigenvalue weighted by atomic mass is 16.4. The van der Waals surface area contributed by atoms with Gasteiger partial charge in [-0.3, -0.25) is 4.79 Å². The highest BCUT2D eigenvalue weighted by Gasteiger charge is 2.13. The Morgan fingerprint density at radius 2 is 1.94 bits per heavy atom. The standard InChI is InChI=1S/C14H19NO3/c1-3-11(4-2)13(16)15-9-10-6-5-7-12(8-10)14(17)18/h5-8,11H,3-4,9H2,1-2H3,(H,15,16)(H,17,18). The van der Waals surface area contributed by atoms with Crippen molar-refractivity contribution in [3.8, 4) is 0 Å². The summed E-state index contributed by atoms with van der Waals surface area (Å²) in [6.45, 7) is 4.34. The second-order valence-corrected chi connectivity index (χ2v) is 4.24. The Kier molecular flexibility index (Phi) is 5.36. The largest absolute Gasteiger partial charge is 0.478 e. The van der Waals surface area contributed by atoms with Crippen LogP contribution in [0.5, 0.6) is 0 Å². The molecule has 0 aliphatic carbocycles. The van der Waals surface area contributed by atoms with Crippen LogP contribution in [0.1, 0.15) is 42.6 Å². The van der Waals surface area contributed by atoms with Crippen molar-refractivity contribution >= 4 is 11.9 Å². The normalized spacial score (nSPS) is 10.4. The molecule has 0 aliphatic heterocycles. The first-order chi connectivity index (χ1) is 8.58. The maximum atomic E-state index is 11.8. The fourth-order valence-electron chi connectivity index (χ4n) is 1.81. The molecular formula is C14H19NO3. The number of carbonyl (C=O) groups excluding carboxylic acids is 1. The second-order valence-electron chi connectivity index (χ2n) is 4.24. The van der Waals surface area contributed by atoms with Crippen LogP contribution in [0.3, 0.4) is 0 Å². The molecule has 0 saturated heterocycles. The van der Waals surface area contributed by atoms with Gasteiger partial charge in [-0.1, -0.05) is 26.0 Å². The van der Waals surface area contributed by atoms with Crippen molar-refractivity contribution < 1.29 is 14.7 Å². The summed E-state index contributed by atoms with van der Waals surface area (Å²) in [4.78, 5) is 22.6. The van der Waals surface area contributed by atoms with E-state index in [4.69, 9.17) is 5.11 Å². The van der Waals surface area contributed by atoms with E-state index in [1.54, 1.807) is 18.2 Å². The molecule has 4 heteroatoms. The van der Waals surface area contributed by atoms with Gasteiger partial charge in [0.1, 0.15) is 0 Å². The third-order valence-corrected chi connectivity index (χ3v) is 3.00. The molecule has 1 rings (SSSR count). The summed E-state index contributed by atoms with van der Waals surface area (Å²) in [7, 11) is 0. The number of aromatic carboxylic acids is 1. The van der Waals surface area contributed by atoms with Crippen LogP contribution in [0.4, 0.5) is 0 Å². The molecule has 18 heavy (non-hydrogen) atoms. The van der Waals surface area contributed by atoms with Crippen molar-refractivity contribution in [3.05, 3.63) is 35.4 Å². The van der Waals surface area contributed by atoms with Gasteiger partial charge in [0, 0.05) is 12.5 Å². The molecule has 0 spiro atoms. The van der Waals surface area contributed by atoms with E-state index in [0.29, 0.717) is 6.54 Å². The summed E-state index contributed by atoms with van der Waals surface area (Å²) in [6, 6.07) is 6.60. The van der Waals surface area contributed by atoms with Gasteiger partial charge in [-0.25, -0.2) is 4.79 Å². The summed E-state index contributed by atoms with van der Waals surface area (Å²) >= 11 is 0. The topological polar surface area (TPSA) is 66.4 Å². The molecule has 4 nitrogen and oxygen atoms in total. The van der Waals surface area contributed by atoms with Gasteiger partial charge in [0.25, 0.3) is 0 Å². The van der Waals surface area contributed by atoms with Crippen LogP contribution in [0.2, 0.25) is 0 Å². The van der Waals surface area contributed by atoms with Gasteiger partial charge >= 0.3 is 5.97 Å². The van der Waals surface area contributed by atoms with Crippen molar-refractivity contribution in [1.29, 1.82) is 0 Å². The Labute approximate surface area is 107 Å². The Morgan fingerprint density at radius 1 is 1.28 bits per heavy atom. The number of hydrogen-bond donors (Lipinski definition) is 2. The summed E-state index contributed by atoms with van der Waals surface area (Å²) in [6.07, 6.45) is 1.63. The Bertz CT molecular complexity index is 425. The molecule has 1 aromatic rings. The molecule has 2 N–H and O–H groups in total. The maximum Gasteiger partial charge on any atom is 0.335 e. The number of carboxylic acid groups (broad SMARTS) is 1. The van der Waals surface area contributed by atoms with E-state index in [2.05, 4.69) is 5.32 Å². The molecule has 98 valence electrons. The number of amides is 1. The van der Waals surface area contributed by atoms with Crippen LogP contribution in [0.15, 0.2) is 24.3 Å². The number of nitrogens with one attached hydrogen (secondary N) is 1. The van der Waals surface area contributed by atoms with Crippen LogP contribution >= 0.6 is 0 Å². The molecule has 0 atom stereocenters. The van der Waals surface area contributed by atoms with E-state index in [1.807, 2.05) is 13.8 Å². The first-order valence-corrected chi connectivity index (χ1v) is 6.18. The third-order valence-electron chi connectivity index (χ3n) is 3.00. The van der Waals surface area contributed by atoms with Crippen LogP contribution in [0.25, 0.3) is 0 Å². The van der Waals surface area contributed by atoms with E-state index in [9.17, 15) is 9.59 Å². The number of rotatable bonds is 6. The van der Waals surface area contributed by atoms with Crippen LogP contribution in [-0.4, -0.2) is 17.0 Å². The summed E-state index contributed by atoms with van der Waals surface area (Å²) in [5, 5.41) is 11.7. The number of carboxylic acids is 1. The molecule has 0 unspecified atom stereocenters. The van der Waals surface area contributed by atoms with Gasteiger partial charge in [-0.05, 0) is 30.5 Å². The van der Waals surface area contributed by atoms with Gasteiger partial charge in [-0.2, -0.15) is 0 Å². The van der Waals surface area contributed by atoms with Crippen molar-refractivity contribution in [1.82, 2.24) is 5.32 Å². The highest BCUT2D eigenvalue weighted by molar-refractivity contribution is 5.87. The number of hydrogen-bond acceptors (Lipinski definition) is 2. The van der Waals surface area contributed by atoms with Crippen LogP contribution < -0.4 is 5.32 Å². The van der Waals surface area contributed by atoms with E-state index in [1.165, 1.54) is 6.07 Å². The van der Waals surface area contributed by atoms with E-state index in [-0.39, 0.29) is 17.4 Å². The van der Waals surface area contributed by atoms with Crippen molar-refractivity contribution in [3.63, 3.8) is 0 Å². The zero-order valence-corrected chi connectivity index (χ0v) is 10.8. The Morgan fingerprint density at radius 3 is 2.50 bits per heavy atom. The van der Waals surface area contributed by atoms with Gasteiger partial charge in [0.05, 0.1) is 5.56 Å². The lowest BCUT2D eigenvalue weighted by molar-refractivity contribution is -0.125. The van der Waals surface area contributed by atoms with E-state index < -0.39 is 5.97 Å². The third kappa shape index (κ3) is 3.87. The lowest BCUT2D eigenvalue weighted by Crippen LogP contribution is -2.29. The smallest absolute Gasteiger partial charge is 0.335 e. The molecule has 0 radical (unpaired) electrons. The fourth-order valence-corrected chi connectivity index (χ4v) is 1.81. The summed E-state index contributed by atoms with van der Waals surface area (Å²) < 4.78 is 0. The average molecular weight is 249 g/mol. The molecule has 1 aromatic carbocycles. The minimum atomic E-state index is -0.955. The average Bonchev–Trinajstić information content (AvgIpc) is 2.38. The molecule has 0 saturated carbocycles. The maximum absolute atomic E-state index is 11.8. The zero-order valence-electron chi connectivity index (χ0n) is 10.8. The van der Waals surface area contributed by atoms with E-state index in [0.717, 1.165) is 18.4 Å². The SMILES string of the molecule is CCC(CC)C(=O)NCc1cccc(C(=O)O)c1. The molecule has 0 fully saturated rings. The van der Waals surface area contributed by atoms with Crippen molar-refractivity contribution in [2.24, 2.45) is 5.92 Å². The molecule has 0 bridgehead atoms. The lowest BCUT2D eigenvalue weighted by atomic mass is 10.0. The van der Waals surface area contributed by atoms with Gasteiger partial charge in [0.15, 0.2) is 0 Å². The highest BCUT2D eigenvalue weighted by Crippen LogP contribution is 2.09. The minimum absolute atomic E-state index is 0.0285. The zero-order chi connectivity index (χ0) is 13.5. The molecule has 0 aliphatic rings. The molecule has 0 heterocycles. The van der Waals surface area contributed by atoms with Crippen LogP contribution in [0, 0.1) is 5.92 Å². The first kappa shape index (κ1) is 14.2. The molecule has 0 aromatic heterocycles. The van der Waals surface area contributed by atoms with Crippen molar-refractivity contribution in [2.75, 3.05) is 0 Å². The molecular weight excluding hydrogens is 230 g/mol. The van der Waals surface area contributed by atoms with Crippen molar-refractivity contribution in [2.45, 2.75) is 33.2 Å². The molecule has 1 amide bonds. The fraction of sp³-hybridized carbons (Fsp3) is 0.429. The summed E-state index contributed by atoms with van der Waals surface area (Å²) in [5.41, 5.74) is 1.04. The monoisotopic (exact) mass is 249 g/mol. The predicted molar refractivity (Wildman–Crippen MR) is 69.3 cm³/mol.